The number of aliphatic imine (C=N–C) groups is 1. The summed E-state index contributed by atoms with van der Waals surface area (Å²) in [6.45, 7) is 8.16. The van der Waals surface area contributed by atoms with Gasteiger partial charge in [-0.15, -0.1) is 0 Å². The summed E-state index contributed by atoms with van der Waals surface area (Å²) in [5.74, 6) is 1.06. The number of guanidine groups is 1. The molecule has 0 radical (unpaired) electrons. The molecule has 1 aromatic carbocycles. The van der Waals surface area contributed by atoms with Gasteiger partial charge in [-0.2, -0.15) is 0 Å². The Balaban J connectivity index is 1.50. The lowest BCUT2D eigenvalue weighted by atomic mass is 10.1. The van der Waals surface area contributed by atoms with Gasteiger partial charge in [-0.25, -0.2) is 0 Å². The maximum Gasteiger partial charge on any atom is 0.230 e. The minimum atomic E-state index is 0.180. The molecule has 154 valence electrons. The first-order valence-corrected chi connectivity index (χ1v) is 10.9. The number of benzene rings is 1. The molecule has 0 saturated carbocycles. The topological polar surface area (TPSA) is 39.2 Å². The highest BCUT2D eigenvalue weighted by molar-refractivity contribution is 5.97. The van der Waals surface area contributed by atoms with Gasteiger partial charge in [0, 0.05) is 39.1 Å². The van der Waals surface area contributed by atoms with Gasteiger partial charge in [-0.1, -0.05) is 42.5 Å². The third-order valence-corrected chi connectivity index (χ3v) is 6.06. The van der Waals surface area contributed by atoms with E-state index in [1.165, 1.54) is 16.7 Å². The standard InChI is InChI=1S/C24H32N4O/c1-20-8-5-6-11-22(20)19-28-23(29)12-16-26(18-21-9-3-2-4-10-21)14-7-15-27-17-13-25-24(27)28/h3,5-6,8-11H,2,4,7,12-19H2,1H3. The average Bonchev–Trinajstić information content (AvgIpc) is 3.19. The summed E-state index contributed by atoms with van der Waals surface area (Å²) in [5, 5.41) is 0. The zero-order valence-corrected chi connectivity index (χ0v) is 17.5. The van der Waals surface area contributed by atoms with E-state index in [-0.39, 0.29) is 5.91 Å². The highest BCUT2D eigenvalue weighted by atomic mass is 16.2. The molecule has 0 atom stereocenters. The zero-order valence-electron chi connectivity index (χ0n) is 17.5. The van der Waals surface area contributed by atoms with Crippen molar-refractivity contribution in [3.8, 4) is 0 Å². The van der Waals surface area contributed by atoms with Gasteiger partial charge in [0.05, 0.1) is 13.1 Å². The number of rotatable bonds is 4. The minimum absolute atomic E-state index is 0.180. The summed E-state index contributed by atoms with van der Waals surface area (Å²) in [5.41, 5.74) is 3.81. The van der Waals surface area contributed by atoms with Crippen LogP contribution in [0.3, 0.4) is 0 Å². The molecule has 5 nitrogen and oxygen atoms in total. The third-order valence-electron chi connectivity index (χ3n) is 6.06. The molecule has 5 heteroatoms. The second kappa shape index (κ2) is 9.40. The van der Waals surface area contributed by atoms with Crippen LogP contribution in [0.25, 0.3) is 0 Å². The molecule has 1 saturated heterocycles. The highest BCUT2D eigenvalue weighted by Crippen LogP contribution is 2.18. The van der Waals surface area contributed by atoms with Gasteiger partial charge in [0.15, 0.2) is 0 Å². The van der Waals surface area contributed by atoms with Gasteiger partial charge in [0.2, 0.25) is 11.9 Å². The molecule has 1 aliphatic carbocycles. The fraction of sp³-hybridized carbons (Fsp3) is 0.500. The lowest BCUT2D eigenvalue weighted by molar-refractivity contribution is -0.128. The number of fused-ring (bicyclic) bond motifs is 1. The molecule has 29 heavy (non-hydrogen) atoms. The van der Waals surface area contributed by atoms with Gasteiger partial charge in [-0.05, 0) is 42.9 Å². The summed E-state index contributed by atoms with van der Waals surface area (Å²) in [6.07, 6.45) is 10.8. The van der Waals surface area contributed by atoms with E-state index in [1.54, 1.807) is 0 Å². The van der Waals surface area contributed by atoms with Crippen LogP contribution in [-0.2, 0) is 11.3 Å². The maximum atomic E-state index is 13.3. The van der Waals surface area contributed by atoms with Crippen molar-refractivity contribution >= 4 is 11.9 Å². The van der Waals surface area contributed by atoms with Gasteiger partial charge < -0.3 is 4.90 Å². The van der Waals surface area contributed by atoms with E-state index in [0.29, 0.717) is 13.0 Å². The van der Waals surface area contributed by atoms with Crippen LogP contribution in [0.5, 0.6) is 0 Å². The number of allylic oxidation sites excluding steroid dienone is 2. The fourth-order valence-electron chi connectivity index (χ4n) is 4.35. The summed E-state index contributed by atoms with van der Waals surface area (Å²) in [7, 11) is 0. The predicted octanol–water partition coefficient (Wildman–Crippen LogP) is 3.37. The molecule has 0 N–H and O–H groups in total. The van der Waals surface area contributed by atoms with Gasteiger partial charge in [0.25, 0.3) is 0 Å². The molecule has 4 rings (SSSR count). The van der Waals surface area contributed by atoms with Crippen molar-refractivity contribution in [1.29, 1.82) is 0 Å². The summed E-state index contributed by atoms with van der Waals surface area (Å²) in [6, 6.07) is 8.34. The van der Waals surface area contributed by atoms with Gasteiger partial charge in [0.1, 0.15) is 0 Å². The smallest absolute Gasteiger partial charge is 0.230 e. The van der Waals surface area contributed by atoms with Gasteiger partial charge in [-0.3, -0.25) is 19.6 Å². The predicted molar refractivity (Wildman–Crippen MR) is 118 cm³/mol. The van der Waals surface area contributed by atoms with Crippen LogP contribution in [0, 0.1) is 6.92 Å². The maximum absolute atomic E-state index is 13.3. The van der Waals surface area contributed by atoms with Crippen molar-refractivity contribution in [2.24, 2.45) is 4.99 Å². The molecular formula is C24H32N4O. The Morgan fingerprint density at radius 1 is 1.03 bits per heavy atom. The zero-order chi connectivity index (χ0) is 20.1. The Hall–Kier alpha value is -2.40. The molecule has 2 aliphatic heterocycles. The Bertz CT molecular complexity index is 826. The first-order chi connectivity index (χ1) is 14.2. The van der Waals surface area contributed by atoms with Crippen molar-refractivity contribution in [2.45, 2.75) is 39.2 Å². The molecule has 1 fully saturated rings. The van der Waals surface area contributed by atoms with Crippen molar-refractivity contribution in [2.75, 3.05) is 39.3 Å². The van der Waals surface area contributed by atoms with E-state index in [9.17, 15) is 4.79 Å². The Morgan fingerprint density at radius 2 is 1.93 bits per heavy atom. The number of carbonyl (C=O) groups excluding carboxylic acids is 1. The molecule has 1 aromatic rings. The van der Waals surface area contributed by atoms with Crippen molar-refractivity contribution in [3.63, 3.8) is 0 Å². The average molecular weight is 393 g/mol. The van der Waals surface area contributed by atoms with Crippen molar-refractivity contribution < 1.29 is 4.79 Å². The molecule has 0 bridgehead atoms. The minimum Gasteiger partial charge on any atom is -0.341 e. The quantitative estimate of drug-likeness (QED) is 0.789. The Morgan fingerprint density at radius 3 is 2.76 bits per heavy atom. The fourth-order valence-corrected chi connectivity index (χ4v) is 4.35. The molecule has 3 aliphatic rings. The van der Waals surface area contributed by atoms with E-state index in [4.69, 9.17) is 4.99 Å². The van der Waals surface area contributed by atoms with Crippen molar-refractivity contribution in [1.82, 2.24) is 14.7 Å². The SMILES string of the molecule is Cc1ccccc1CN1C(=O)CCN(CC2=CCCC=C2)CCCN2CCN=C21. The lowest BCUT2D eigenvalue weighted by Gasteiger charge is -2.33. The summed E-state index contributed by atoms with van der Waals surface area (Å²) >= 11 is 0. The van der Waals surface area contributed by atoms with Crippen LogP contribution in [-0.4, -0.2) is 65.8 Å². The number of amides is 1. The third kappa shape index (κ3) is 4.96. The second-order valence-electron chi connectivity index (χ2n) is 8.21. The summed E-state index contributed by atoms with van der Waals surface area (Å²) < 4.78 is 0. The van der Waals surface area contributed by atoms with E-state index in [1.807, 2.05) is 4.90 Å². The number of hydrogen-bond acceptors (Lipinski definition) is 4. The molecule has 0 aromatic heterocycles. The first kappa shape index (κ1) is 19.9. The monoisotopic (exact) mass is 392 g/mol. The van der Waals surface area contributed by atoms with Crippen LogP contribution >= 0.6 is 0 Å². The molecule has 0 unspecified atom stereocenters. The lowest BCUT2D eigenvalue weighted by Crippen LogP contribution is -2.47. The van der Waals surface area contributed by atoms with E-state index in [2.05, 4.69) is 59.2 Å². The van der Waals surface area contributed by atoms with Crippen molar-refractivity contribution in [3.05, 3.63) is 59.2 Å². The van der Waals surface area contributed by atoms with Gasteiger partial charge >= 0.3 is 0 Å². The van der Waals surface area contributed by atoms with Crippen LogP contribution in [0.15, 0.2) is 53.1 Å². The Labute approximate surface area is 174 Å². The highest BCUT2D eigenvalue weighted by Gasteiger charge is 2.29. The van der Waals surface area contributed by atoms with E-state index in [0.717, 1.165) is 64.5 Å². The largest absolute Gasteiger partial charge is 0.341 e. The Kier molecular flexibility index (Phi) is 6.45. The van der Waals surface area contributed by atoms with Crippen LogP contribution < -0.4 is 0 Å². The molecule has 1 amide bonds. The van der Waals surface area contributed by atoms with Crippen LogP contribution in [0.1, 0.15) is 36.8 Å². The number of nitrogens with zero attached hydrogens (tertiary/aromatic N) is 4. The molecule has 2 heterocycles. The number of hydrogen-bond donors (Lipinski definition) is 0. The first-order valence-electron chi connectivity index (χ1n) is 10.9. The molecule has 0 spiro atoms. The molecular weight excluding hydrogens is 360 g/mol. The number of aryl methyl sites for hydroxylation is 1. The van der Waals surface area contributed by atoms with E-state index >= 15 is 0 Å². The second-order valence-corrected chi connectivity index (χ2v) is 8.21. The van der Waals surface area contributed by atoms with Crippen LogP contribution in [0.2, 0.25) is 0 Å². The normalized spacial score (nSPS) is 21.1. The van der Waals surface area contributed by atoms with Crippen LogP contribution in [0.4, 0.5) is 0 Å². The summed E-state index contributed by atoms with van der Waals surface area (Å²) in [4.78, 5) is 24.7. The number of carbonyl (C=O) groups is 1. The van der Waals surface area contributed by atoms with E-state index < -0.39 is 0 Å².